The number of nitrogens with one attached hydrogen (secondary N) is 1. The van der Waals surface area contributed by atoms with Crippen LogP contribution in [0.4, 0.5) is 0 Å². The fraction of sp³-hybridized carbons (Fsp3) is 0.632. The first-order chi connectivity index (χ1) is 12.5. The second-order valence-corrected chi connectivity index (χ2v) is 9.59. The molecule has 0 bridgehead atoms. The van der Waals surface area contributed by atoms with Gasteiger partial charge in [-0.25, -0.2) is 8.42 Å². The normalized spacial score (nSPS) is 20.5. The predicted octanol–water partition coefficient (Wildman–Crippen LogP) is 3.97. The Morgan fingerprint density at radius 2 is 1.62 bits per heavy atom. The van der Waals surface area contributed by atoms with Crippen LogP contribution in [0.15, 0.2) is 23.1 Å². The van der Waals surface area contributed by atoms with Gasteiger partial charge >= 0.3 is 0 Å². The van der Waals surface area contributed by atoms with Crippen LogP contribution >= 0.6 is 11.6 Å². The van der Waals surface area contributed by atoms with E-state index in [0.29, 0.717) is 18.7 Å². The van der Waals surface area contributed by atoms with E-state index in [9.17, 15) is 13.2 Å². The number of benzene rings is 1. The number of amides is 1. The Morgan fingerprint density at radius 1 is 1.00 bits per heavy atom. The molecular formula is C19H27ClN2O3S. The van der Waals surface area contributed by atoms with Crippen LogP contribution in [0.25, 0.3) is 0 Å². The number of halogens is 1. The number of hydrogen-bond acceptors (Lipinski definition) is 3. The van der Waals surface area contributed by atoms with E-state index < -0.39 is 10.0 Å². The van der Waals surface area contributed by atoms with Gasteiger partial charge in [-0.15, -0.1) is 0 Å². The van der Waals surface area contributed by atoms with Gasteiger partial charge in [0.25, 0.3) is 5.91 Å². The third-order valence-electron chi connectivity index (χ3n) is 5.32. The maximum absolute atomic E-state index is 12.8. The molecule has 1 aliphatic carbocycles. The summed E-state index contributed by atoms with van der Waals surface area (Å²) in [5.74, 6) is -0.217. The number of hydrogen-bond donors (Lipinski definition) is 1. The highest BCUT2D eigenvalue weighted by atomic mass is 35.5. The summed E-state index contributed by atoms with van der Waals surface area (Å²) < 4.78 is 27.1. The van der Waals surface area contributed by atoms with Crippen LogP contribution in [-0.2, 0) is 10.0 Å². The van der Waals surface area contributed by atoms with E-state index in [-0.39, 0.29) is 21.9 Å². The molecule has 1 aliphatic heterocycles. The Morgan fingerprint density at radius 3 is 2.27 bits per heavy atom. The predicted molar refractivity (Wildman–Crippen MR) is 103 cm³/mol. The molecular weight excluding hydrogens is 372 g/mol. The molecule has 3 rings (SSSR count). The van der Waals surface area contributed by atoms with Crippen molar-refractivity contribution >= 4 is 27.5 Å². The van der Waals surface area contributed by atoms with Crippen molar-refractivity contribution in [2.24, 2.45) is 0 Å². The fourth-order valence-corrected chi connectivity index (χ4v) is 5.80. The number of sulfonamides is 1. The van der Waals surface area contributed by atoms with Crippen LogP contribution in [-0.4, -0.2) is 37.8 Å². The lowest BCUT2D eigenvalue weighted by atomic mass is 9.96. The monoisotopic (exact) mass is 398 g/mol. The molecule has 7 heteroatoms. The number of nitrogens with zero attached hydrogens (tertiary/aromatic N) is 1. The van der Waals surface area contributed by atoms with Gasteiger partial charge in [0, 0.05) is 24.7 Å². The zero-order valence-corrected chi connectivity index (χ0v) is 16.6. The molecule has 1 amide bonds. The lowest BCUT2D eigenvalue weighted by molar-refractivity contribution is 0.0930. The summed E-state index contributed by atoms with van der Waals surface area (Å²) in [5.41, 5.74) is 0.356. The molecule has 2 fully saturated rings. The average molecular weight is 399 g/mol. The summed E-state index contributed by atoms with van der Waals surface area (Å²) in [6, 6.07) is 4.70. The van der Waals surface area contributed by atoms with Crippen molar-refractivity contribution in [3.63, 3.8) is 0 Å². The minimum absolute atomic E-state index is 0.0337. The third-order valence-corrected chi connectivity index (χ3v) is 7.70. The van der Waals surface area contributed by atoms with Gasteiger partial charge in [-0.05, 0) is 43.9 Å². The molecule has 0 radical (unpaired) electrons. The van der Waals surface area contributed by atoms with Crippen LogP contribution < -0.4 is 5.32 Å². The zero-order chi connectivity index (χ0) is 18.6. The van der Waals surface area contributed by atoms with Crippen molar-refractivity contribution in [2.45, 2.75) is 68.7 Å². The summed E-state index contributed by atoms with van der Waals surface area (Å²) in [4.78, 5) is 12.7. The second-order valence-electron chi connectivity index (χ2n) is 7.27. The maximum atomic E-state index is 12.8. The first-order valence-electron chi connectivity index (χ1n) is 9.59. The molecule has 1 aromatic rings. The number of carbonyl (C=O) groups is 1. The maximum Gasteiger partial charge on any atom is 0.251 e. The van der Waals surface area contributed by atoms with E-state index in [0.717, 1.165) is 38.5 Å². The van der Waals surface area contributed by atoms with Crippen LogP contribution in [0.2, 0.25) is 5.02 Å². The third kappa shape index (κ3) is 4.59. The number of rotatable bonds is 4. The lowest BCUT2D eigenvalue weighted by Crippen LogP contribution is -2.35. The Bertz CT molecular complexity index is 737. The van der Waals surface area contributed by atoms with E-state index >= 15 is 0 Å². The quantitative estimate of drug-likeness (QED) is 0.834. The van der Waals surface area contributed by atoms with Gasteiger partial charge in [-0.1, -0.05) is 43.7 Å². The minimum Gasteiger partial charge on any atom is -0.349 e. The largest absolute Gasteiger partial charge is 0.349 e. The lowest BCUT2D eigenvalue weighted by Gasteiger charge is -2.21. The summed E-state index contributed by atoms with van der Waals surface area (Å²) in [7, 11) is -3.65. The topological polar surface area (TPSA) is 66.5 Å². The van der Waals surface area contributed by atoms with Gasteiger partial charge in [0.2, 0.25) is 10.0 Å². The summed E-state index contributed by atoms with van der Waals surface area (Å²) >= 11 is 6.16. The highest BCUT2D eigenvalue weighted by Crippen LogP contribution is 2.28. The van der Waals surface area contributed by atoms with Gasteiger partial charge in [-0.2, -0.15) is 4.31 Å². The Kier molecular flexibility index (Phi) is 6.59. The fourth-order valence-electron chi connectivity index (χ4n) is 3.78. The Labute approximate surface area is 161 Å². The molecule has 26 heavy (non-hydrogen) atoms. The molecule has 0 spiro atoms. The van der Waals surface area contributed by atoms with Crippen LogP contribution in [0.5, 0.6) is 0 Å². The van der Waals surface area contributed by atoms with Gasteiger partial charge in [0.15, 0.2) is 0 Å². The van der Waals surface area contributed by atoms with E-state index in [1.807, 2.05) is 0 Å². The van der Waals surface area contributed by atoms with E-state index in [1.54, 1.807) is 6.07 Å². The van der Waals surface area contributed by atoms with Gasteiger partial charge in [0.1, 0.15) is 4.90 Å². The van der Waals surface area contributed by atoms with E-state index in [1.165, 1.54) is 35.7 Å². The van der Waals surface area contributed by atoms with Crippen molar-refractivity contribution in [1.82, 2.24) is 9.62 Å². The first-order valence-corrected chi connectivity index (χ1v) is 11.4. The van der Waals surface area contributed by atoms with Crippen LogP contribution in [0, 0.1) is 0 Å². The minimum atomic E-state index is -3.65. The average Bonchev–Trinajstić information content (AvgIpc) is 3.12. The molecule has 1 aromatic carbocycles. The van der Waals surface area contributed by atoms with Crippen molar-refractivity contribution in [2.75, 3.05) is 13.1 Å². The standard InChI is InChI=1S/C19H27ClN2O3S/c20-17-11-10-15(14-18(17)26(24,25)22-12-6-7-13-22)19(23)21-16-8-4-2-1-3-5-9-16/h10-11,14,16H,1-9,12-13H2,(H,21,23). The highest BCUT2D eigenvalue weighted by molar-refractivity contribution is 7.89. The Hall–Kier alpha value is -1.11. The van der Waals surface area contributed by atoms with E-state index in [4.69, 9.17) is 11.6 Å². The van der Waals surface area contributed by atoms with Crippen molar-refractivity contribution in [3.05, 3.63) is 28.8 Å². The number of carbonyl (C=O) groups excluding carboxylic acids is 1. The molecule has 144 valence electrons. The summed E-state index contributed by atoms with van der Waals surface area (Å²) in [6.07, 6.45) is 9.64. The van der Waals surface area contributed by atoms with Gasteiger partial charge in [-0.3, -0.25) is 4.79 Å². The van der Waals surface area contributed by atoms with Crippen molar-refractivity contribution in [3.8, 4) is 0 Å². The smallest absolute Gasteiger partial charge is 0.251 e. The first kappa shape index (κ1) is 19.6. The Balaban J connectivity index is 1.76. The van der Waals surface area contributed by atoms with Crippen molar-refractivity contribution < 1.29 is 13.2 Å². The van der Waals surface area contributed by atoms with Crippen molar-refractivity contribution in [1.29, 1.82) is 0 Å². The van der Waals surface area contributed by atoms with Crippen LogP contribution in [0.3, 0.4) is 0 Å². The summed E-state index contributed by atoms with van der Waals surface area (Å²) in [5, 5.41) is 3.25. The molecule has 2 aliphatic rings. The van der Waals surface area contributed by atoms with Gasteiger partial charge < -0.3 is 5.32 Å². The SMILES string of the molecule is O=C(NC1CCCCCCC1)c1ccc(Cl)c(S(=O)(=O)N2CCCC2)c1. The van der Waals surface area contributed by atoms with E-state index in [2.05, 4.69) is 5.32 Å². The molecule has 5 nitrogen and oxygen atoms in total. The molecule has 1 saturated heterocycles. The van der Waals surface area contributed by atoms with Gasteiger partial charge in [0.05, 0.1) is 5.02 Å². The molecule has 0 atom stereocenters. The molecule has 1 saturated carbocycles. The van der Waals surface area contributed by atoms with Crippen LogP contribution in [0.1, 0.15) is 68.1 Å². The molecule has 1 heterocycles. The molecule has 1 N–H and O–H groups in total. The highest BCUT2D eigenvalue weighted by Gasteiger charge is 2.30. The molecule has 0 unspecified atom stereocenters. The second kappa shape index (κ2) is 8.72. The summed E-state index contributed by atoms with van der Waals surface area (Å²) in [6.45, 7) is 1.02. The molecule has 0 aromatic heterocycles. The zero-order valence-electron chi connectivity index (χ0n) is 15.0.